The fourth-order valence-corrected chi connectivity index (χ4v) is 2.80. The summed E-state index contributed by atoms with van der Waals surface area (Å²) in [6.45, 7) is 0. The number of aliphatic hydroxyl groups is 1. The molecule has 2 aromatic carbocycles. The van der Waals surface area contributed by atoms with Crippen LogP contribution < -0.4 is 10.6 Å². The van der Waals surface area contributed by atoms with E-state index >= 15 is 0 Å². The number of hydrogen-bond acceptors (Lipinski definition) is 3. The van der Waals surface area contributed by atoms with E-state index in [4.69, 9.17) is 23.2 Å². The number of amides is 1. The SMILES string of the molecule is O=C1Nc2ccc(Cl)cc2C(c2ccccc2Cl)NC1O. The molecule has 1 aliphatic rings. The standard InChI is InChI=1S/C15H12Cl2N2O2/c16-8-5-6-12-10(7-8)13(19-15(21)14(20)18-12)9-3-1-2-4-11(9)17/h1-7,13,15,19,21H,(H,18,20). The van der Waals surface area contributed by atoms with Crippen molar-refractivity contribution < 1.29 is 9.90 Å². The predicted molar refractivity (Wildman–Crippen MR) is 82.5 cm³/mol. The molecule has 0 saturated heterocycles. The van der Waals surface area contributed by atoms with Gasteiger partial charge in [-0.05, 0) is 35.4 Å². The van der Waals surface area contributed by atoms with Gasteiger partial charge in [0.05, 0.1) is 6.04 Å². The Kier molecular flexibility index (Phi) is 3.87. The summed E-state index contributed by atoms with van der Waals surface area (Å²) in [5.41, 5.74) is 2.11. The van der Waals surface area contributed by atoms with E-state index in [-0.39, 0.29) is 0 Å². The van der Waals surface area contributed by atoms with E-state index in [0.29, 0.717) is 15.7 Å². The van der Waals surface area contributed by atoms with E-state index < -0.39 is 18.2 Å². The minimum absolute atomic E-state index is 0.443. The van der Waals surface area contributed by atoms with Crippen LogP contribution in [0.4, 0.5) is 5.69 Å². The molecule has 0 spiro atoms. The van der Waals surface area contributed by atoms with E-state index in [9.17, 15) is 9.90 Å². The minimum Gasteiger partial charge on any atom is -0.370 e. The zero-order chi connectivity index (χ0) is 15.0. The van der Waals surface area contributed by atoms with Crippen LogP contribution in [-0.4, -0.2) is 17.2 Å². The maximum absolute atomic E-state index is 11.8. The first-order valence-corrected chi connectivity index (χ1v) is 7.10. The molecule has 3 N–H and O–H groups in total. The van der Waals surface area contributed by atoms with Crippen molar-refractivity contribution in [3.8, 4) is 0 Å². The third kappa shape index (κ3) is 2.76. The molecule has 1 aliphatic heterocycles. The molecule has 2 aromatic rings. The van der Waals surface area contributed by atoms with Crippen LogP contribution in [0.2, 0.25) is 10.0 Å². The van der Waals surface area contributed by atoms with Crippen molar-refractivity contribution in [3.05, 3.63) is 63.6 Å². The van der Waals surface area contributed by atoms with Gasteiger partial charge in [-0.3, -0.25) is 10.1 Å². The second kappa shape index (κ2) is 5.66. The number of rotatable bonds is 1. The molecule has 0 fully saturated rings. The zero-order valence-corrected chi connectivity index (χ0v) is 12.3. The summed E-state index contributed by atoms with van der Waals surface area (Å²) in [7, 11) is 0. The fourth-order valence-electron chi connectivity index (χ4n) is 2.38. The summed E-state index contributed by atoms with van der Waals surface area (Å²) in [4.78, 5) is 11.8. The summed E-state index contributed by atoms with van der Waals surface area (Å²) in [6.07, 6.45) is -1.34. The largest absolute Gasteiger partial charge is 0.370 e. The van der Waals surface area contributed by atoms with Crippen molar-refractivity contribution in [2.24, 2.45) is 0 Å². The Labute approximate surface area is 131 Å². The van der Waals surface area contributed by atoms with Gasteiger partial charge < -0.3 is 10.4 Å². The zero-order valence-electron chi connectivity index (χ0n) is 10.8. The van der Waals surface area contributed by atoms with Gasteiger partial charge in [0, 0.05) is 15.7 Å². The lowest BCUT2D eigenvalue weighted by molar-refractivity contribution is -0.125. The molecular formula is C15H12Cl2N2O2. The fraction of sp³-hybridized carbons (Fsp3) is 0.133. The first-order chi connectivity index (χ1) is 10.1. The van der Waals surface area contributed by atoms with E-state index in [1.54, 1.807) is 24.3 Å². The second-order valence-electron chi connectivity index (χ2n) is 4.74. The lowest BCUT2D eigenvalue weighted by Gasteiger charge is -2.21. The third-order valence-electron chi connectivity index (χ3n) is 3.37. The van der Waals surface area contributed by atoms with Crippen molar-refractivity contribution in [2.45, 2.75) is 12.3 Å². The molecule has 0 radical (unpaired) electrons. The highest BCUT2D eigenvalue weighted by Gasteiger charge is 2.29. The maximum Gasteiger partial charge on any atom is 0.268 e. The monoisotopic (exact) mass is 322 g/mol. The molecule has 3 rings (SSSR count). The molecule has 21 heavy (non-hydrogen) atoms. The lowest BCUT2D eigenvalue weighted by Crippen LogP contribution is -2.39. The van der Waals surface area contributed by atoms with Crippen molar-refractivity contribution in [1.29, 1.82) is 0 Å². The highest BCUT2D eigenvalue weighted by Crippen LogP contribution is 2.35. The minimum atomic E-state index is -1.34. The highest BCUT2D eigenvalue weighted by atomic mass is 35.5. The van der Waals surface area contributed by atoms with Crippen LogP contribution in [0.5, 0.6) is 0 Å². The quantitative estimate of drug-likeness (QED) is 0.756. The van der Waals surface area contributed by atoms with Crippen LogP contribution in [0, 0.1) is 0 Å². The number of halogens is 2. The van der Waals surface area contributed by atoms with Crippen LogP contribution in [0.3, 0.4) is 0 Å². The maximum atomic E-state index is 11.8. The molecule has 0 aliphatic carbocycles. The van der Waals surface area contributed by atoms with Crippen molar-refractivity contribution in [3.63, 3.8) is 0 Å². The Bertz CT molecular complexity index is 706. The summed E-state index contributed by atoms with van der Waals surface area (Å²) in [6, 6.07) is 12.0. The number of carbonyl (C=O) groups is 1. The van der Waals surface area contributed by atoms with Gasteiger partial charge in [0.15, 0.2) is 6.23 Å². The van der Waals surface area contributed by atoms with Crippen molar-refractivity contribution >= 4 is 34.8 Å². The van der Waals surface area contributed by atoms with Gasteiger partial charge in [-0.15, -0.1) is 0 Å². The molecule has 1 amide bonds. The smallest absolute Gasteiger partial charge is 0.268 e. The summed E-state index contributed by atoms with van der Waals surface area (Å²) >= 11 is 12.3. The van der Waals surface area contributed by atoms with Crippen LogP contribution in [0.25, 0.3) is 0 Å². The number of benzene rings is 2. The topological polar surface area (TPSA) is 61.4 Å². The van der Waals surface area contributed by atoms with Gasteiger partial charge in [0.2, 0.25) is 0 Å². The Hall–Kier alpha value is -1.59. The number of fused-ring (bicyclic) bond motifs is 1. The van der Waals surface area contributed by atoms with Crippen LogP contribution in [-0.2, 0) is 4.79 Å². The van der Waals surface area contributed by atoms with Gasteiger partial charge in [0.1, 0.15) is 0 Å². The van der Waals surface area contributed by atoms with Gasteiger partial charge in [0.25, 0.3) is 5.91 Å². The molecule has 0 saturated carbocycles. The summed E-state index contributed by atoms with van der Waals surface area (Å²) < 4.78 is 0. The number of anilines is 1. The van der Waals surface area contributed by atoms with Crippen LogP contribution in [0.1, 0.15) is 17.2 Å². The van der Waals surface area contributed by atoms with Crippen LogP contribution >= 0.6 is 23.2 Å². The molecule has 1 heterocycles. The second-order valence-corrected chi connectivity index (χ2v) is 5.59. The van der Waals surface area contributed by atoms with E-state index in [1.165, 1.54) is 0 Å². The molecule has 4 nitrogen and oxygen atoms in total. The number of hydrogen-bond donors (Lipinski definition) is 3. The number of nitrogens with one attached hydrogen (secondary N) is 2. The Morgan fingerprint density at radius 2 is 1.81 bits per heavy atom. The molecule has 6 heteroatoms. The first kappa shape index (κ1) is 14.4. The van der Waals surface area contributed by atoms with E-state index in [1.807, 2.05) is 18.2 Å². The Morgan fingerprint density at radius 1 is 1.05 bits per heavy atom. The highest BCUT2D eigenvalue weighted by molar-refractivity contribution is 6.31. The van der Waals surface area contributed by atoms with Gasteiger partial charge in [-0.1, -0.05) is 41.4 Å². The molecule has 2 unspecified atom stereocenters. The lowest BCUT2D eigenvalue weighted by atomic mass is 9.97. The predicted octanol–water partition coefficient (Wildman–Crippen LogP) is 2.94. The molecule has 108 valence electrons. The number of carbonyl (C=O) groups excluding carboxylic acids is 1. The summed E-state index contributed by atoms with van der Waals surface area (Å²) in [5.74, 6) is -0.520. The average molecular weight is 323 g/mol. The van der Waals surface area contributed by atoms with Crippen molar-refractivity contribution in [1.82, 2.24) is 5.32 Å². The van der Waals surface area contributed by atoms with E-state index in [2.05, 4.69) is 10.6 Å². The van der Waals surface area contributed by atoms with Gasteiger partial charge in [-0.25, -0.2) is 0 Å². The van der Waals surface area contributed by atoms with Crippen LogP contribution in [0.15, 0.2) is 42.5 Å². The Morgan fingerprint density at radius 3 is 2.57 bits per heavy atom. The summed E-state index contributed by atoms with van der Waals surface area (Å²) in [5, 5.41) is 16.5. The van der Waals surface area contributed by atoms with Gasteiger partial charge in [-0.2, -0.15) is 0 Å². The van der Waals surface area contributed by atoms with Crippen molar-refractivity contribution in [2.75, 3.05) is 5.32 Å². The Balaban J connectivity index is 2.17. The first-order valence-electron chi connectivity index (χ1n) is 6.35. The molecule has 0 bridgehead atoms. The number of aliphatic hydroxyl groups excluding tert-OH is 1. The molecule has 0 aromatic heterocycles. The van der Waals surface area contributed by atoms with E-state index in [0.717, 1.165) is 11.1 Å². The average Bonchev–Trinajstić information content (AvgIpc) is 2.58. The third-order valence-corrected chi connectivity index (χ3v) is 3.95. The molecule has 2 atom stereocenters. The van der Waals surface area contributed by atoms with Gasteiger partial charge >= 0.3 is 0 Å². The molecular weight excluding hydrogens is 311 g/mol. The normalized spacial score (nSPS) is 21.4.